The van der Waals surface area contributed by atoms with Gasteiger partial charge in [-0.1, -0.05) is 0 Å². The number of fused-ring (bicyclic) bond motifs is 1. The van der Waals surface area contributed by atoms with Crippen LogP contribution in [-0.2, 0) is 6.54 Å². The number of rotatable bonds is 5. The molecule has 1 saturated heterocycles. The first-order valence-corrected chi connectivity index (χ1v) is 9.86. The van der Waals surface area contributed by atoms with Crippen LogP contribution in [0.15, 0.2) is 30.6 Å². The number of nitrogens with zero attached hydrogens (tertiary/aromatic N) is 5. The lowest BCUT2D eigenvalue weighted by Gasteiger charge is -2.17. The van der Waals surface area contributed by atoms with E-state index < -0.39 is 0 Å². The molecule has 4 heterocycles. The fourth-order valence-electron chi connectivity index (χ4n) is 3.68. The fraction of sp³-hybridized carbons (Fsp3) is 0.429. The summed E-state index contributed by atoms with van der Waals surface area (Å²) in [6, 6.07) is 6.02. The normalized spacial score (nSPS) is 14.2. The van der Waals surface area contributed by atoms with Gasteiger partial charge in [0.15, 0.2) is 5.65 Å². The Morgan fingerprint density at radius 3 is 2.79 bits per heavy atom. The summed E-state index contributed by atoms with van der Waals surface area (Å²) in [6.07, 6.45) is 5.97. The number of hydrogen-bond acceptors (Lipinski definition) is 5. The van der Waals surface area contributed by atoms with E-state index in [9.17, 15) is 4.79 Å². The Kier molecular flexibility index (Phi) is 4.98. The lowest BCUT2D eigenvalue weighted by molar-refractivity contribution is 0.0952. The van der Waals surface area contributed by atoms with Crippen molar-refractivity contribution in [2.75, 3.05) is 18.0 Å². The van der Waals surface area contributed by atoms with E-state index in [-0.39, 0.29) is 11.9 Å². The maximum atomic E-state index is 12.9. The van der Waals surface area contributed by atoms with E-state index in [2.05, 4.69) is 45.2 Å². The first kappa shape index (κ1) is 18.4. The minimum Gasteiger partial charge on any atom is -0.357 e. The number of carbonyl (C=O) groups excluding carboxylic acids is 1. The summed E-state index contributed by atoms with van der Waals surface area (Å²) in [5.41, 5.74) is 3.22. The molecule has 0 bridgehead atoms. The Morgan fingerprint density at radius 1 is 1.25 bits per heavy atom. The first-order chi connectivity index (χ1) is 13.5. The zero-order chi connectivity index (χ0) is 19.7. The smallest absolute Gasteiger partial charge is 0.252 e. The minimum atomic E-state index is -0.113. The molecule has 0 radical (unpaired) electrons. The fourth-order valence-corrected chi connectivity index (χ4v) is 3.68. The monoisotopic (exact) mass is 378 g/mol. The van der Waals surface area contributed by atoms with Crippen LogP contribution in [0.4, 0.5) is 5.82 Å². The standard InChI is InChI=1S/C21H26N6O/c1-14(2)27-20-18(13-24-27)17(10-15(3)25-20)21(28)23-12-16-6-7-22-19(11-16)26-8-4-5-9-26/h6-7,10-11,13-14H,4-5,8-9,12H2,1-3H3,(H,23,28). The van der Waals surface area contributed by atoms with Gasteiger partial charge in [0.2, 0.25) is 0 Å². The van der Waals surface area contributed by atoms with Crippen LogP contribution in [0.5, 0.6) is 0 Å². The van der Waals surface area contributed by atoms with Crippen molar-refractivity contribution in [3.63, 3.8) is 0 Å². The molecule has 1 aliphatic rings. The lowest BCUT2D eigenvalue weighted by Crippen LogP contribution is -2.24. The van der Waals surface area contributed by atoms with Gasteiger partial charge < -0.3 is 10.2 Å². The summed E-state index contributed by atoms with van der Waals surface area (Å²) in [4.78, 5) is 24.2. The highest BCUT2D eigenvalue weighted by Gasteiger charge is 2.17. The van der Waals surface area contributed by atoms with E-state index in [1.807, 2.05) is 29.9 Å². The number of nitrogens with one attached hydrogen (secondary N) is 1. The molecule has 1 N–H and O–H groups in total. The highest BCUT2D eigenvalue weighted by Crippen LogP contribution is 2.22. The van der Waals surface area contributed by atoms with Gasteiger partial charge in [0, 0.05) is 37.6 Å². The van der Waals surface area contributed by atoms with Gasteiger partial charge in [-0.05, 0) is 57.4 Å². The zero-order valence-corrected chi connectivity index (χ0v) is 16.6. The Balaban J connectivity index is 1.54. The second-order valence-electron chi connectivity index (χ2n) is 7.63. The molecule has 7 heteroatoms. The van der Waals surface area contributed by atoms with Crippen LogP contribution in [0.1, 0.15) is 54.3 Å². The molecule has 0 saturated carbocycles. The van der Waals surface area contributed by atoms with Crippen LogP contribution in [0.2, 0.25) is 0 Å². The molecule has 7 nitrogen and oxygen atoms in total. The average Bonchev–Trinajstić information content (AvgIpc) is 3.35. The molecule has 0 unspecified atom stereocenters. The van der Waals surface area contributed by atoms with E-state index in [0.717, 1.165) is 41.2 Å². The van der Waals surface area contributed by atoms with Gasteiger partial charge >= 0.3 is 0 Å². The number of aryl methyl sites for hydroxylation is 1. The summed E-state index contributed by atoms with van der Waals surface area (Å²) >= 11 is 0. The van der Waals surface area contributed by atoms with Crippen molar-refractivity contribution in [2.24, 2.45) is 0 Å². The molecule has 146 valence electrons. The highest BCUT2D eigenvalue weighted by atomic mass is 16.1. The molecule has 28 heavy (non-hydrogen) atoms. The van der Waals surface area contributed by atoms with Crippen LogP contribution < -0.4 is 10.2 Å². The molecule has 4 rings (SSSR count). The molecule has 1 amide bonds. The van der Waals surface area contributed by atoms with Crippen molar-refractivity contribution in [2.45, 2.75) is 46.2 Å². The predicted octanol–water partition coefficient (Wildman–Crippen LogP) is 3.25. The van der Waals surface area contributed by atoms with E-state index in [4.69, 9.17) is 0 Å². The maximum Gasteiger partial charge on any atom is 0.252 e. The van der Waals surface area contributed by atoms with Crippen molar-refractivity contribution in [3.05, 3.63) is 47.4 Å². The summed E-state index contributed by atoms with van der Waals surface area (Å²) in [5, 5.41) is 8.24. The third-order valence-corrected chi connectivity index (χ3v) is 5.12. The third-order valence-electron chi connectivity index (χ3n) is 5.12. The number of pyridine rings is 2. The minimum absolute atomic E-state index is 0.113. The average molecular weight is 378 g/mol. The number of hydrogen-bond donors (Lipinski definition) is 1. The SMILES string of the molecule is Cc1cc(C(=O)NCc2ccnc(N3CCCC3)c2)c2cnn(C(C)C)c2n1. The largest absolute Gasteiger partial charge is 0.357 e. The number of amides is 1. The van der Waals surface area contributed by atoms with Crippen LogP contribution in [0.3, 0.4) is 0 Å². The van der Waals surface area contributed by atoms with Crippen molar-refractivity contribution in [3.8, 4) is 0 Å². The van der Waals surface area contributed by atoms with Gasteiger partial charge in [0.1, 0.15) is 5.82 Å². The quantitative estimate of drug-likeness (QED) is 0.738. The van der Waals surface area contributed by atoms with Crippen molar-refractivity contribution < 1.29 is 4.79 Å². The Morgan fingerprint density at radius 2 is 2.04 bits per heavy atom. The van der Waals surface area contributed by atoms with Crippen LogP contribution >= 0.6 is 0 Å². The van der Waals surface area contributed by atoms with Gasteiger partial charge in [0.05, 0.1) is 17.1 Å². The predicted molar refractivity (Wildman–Crippen MR) is 110 cm³/mol. The molecule has 1 fully saturated rings. The van der Waals surface area contributed by atoms with Gasteiger partial charge in [-0.3, -0.25) is 4.79 Å². The lowest BCUT2D eigenvalue weighted by atomic mass is 10.1. The first-order valence-electron chi connectivity index (χ1n) is 9.86. The number of carbonyl (C=O) groups is 1. The third kappa shape index (κ3) is 3.56. The maximum absolute atomic E-state index is 12.9. The number of anilines is 1. The van der Waals surface area contributed by atoms with E-state index in [0.29, 0.717) is 12.1 Å². The van der Waals surface area contributed by atoms with Crippen LogP contribution in [0, 0.1) is 6.92 Å². The van der Waals surface area contributed by atoms with Crippen molar-refractivity contribution >= 4 is 22.8 Å². The second-order valence-corrected chi connectivity index (χ2v) is 7.63. The van der Waals surface area contributed by atoms with E-state index in [1.165, 1.54) is 12.8 Å². The van der Waals surface area contributed by atoms with Gasteiger partial charge in [-0.25, -0.2) is 14.6 Å². The Labute approximate surface area is 164 Å². The van der Waals surface area contributed by atoms with Gasteiger partial charge in [-0.15, -0.1) is 0 Å². The van der Waals surface area contributed by atoms with E-state index in [1.54, 1.807) is 6.20 Å². The topological polar surface area (TPSA) is 75.9 Å². The molecule has 0 aliphatic carbocycles. The van der Waals surface area contributed by atoms with E-state index >= 15 is 0 Å². The van der Waals surface area contributed by atoms with Crippen LogP contribution in [-0.4, -0.2) is 38.7 Å². The van der Waals surface area contributed by atoms with Gasteiger partial charge in [-0.2, -0.15) is 5.10 Å². The zero-order valence-electron chi connectivity index (χ0n) is 16.6. The van der Waals surface area contributed by atoms with Crippen LogP contribution in [0.25, 0.3) is 11.0 Å². The summed E-state index contributed by atoms with van der Waals surface area (Å²) in [6.45, 7) is 8.57. The Hall–Kier alpha value is -2.96. The van der Waals surface area contributed by atoms with Crippen molar-refractivity contribution in [1.29, 1.82) is 0 Å². The molecule has 3 aromatic heterocycles. The molecule has 0 spiro atoms. The molecule has 0 atom stereocenters. The Bertz CT molecular complexity index is 1000. The number of aromatic nitrogens is 4. The second kappa shape index (κ2) is 7.58. The summed E-state index contributed by atoms with van der Waals surface area (Å²) in [7, 11) is 0. The molecular formula is C21H26N6O. The molecule has 3 aromatic rings. The molecular weight excluding hydrogens is 352 g/mol. The van der Waals surface area contributed by atoms with Crippen molar-refractivity contribution in [1.82, 2.24) is 25.1 Å². The molecule has 0 aromatic carbocycles. The summed E-state index contributed by atoms with van der Waals surface area (Å²) < 4.78 is 1.85. The summed E-state index contributed by atoms with van der Waals surface area (Å²) in [5.74, 6) is 0.878. The van der Waals surface area contributed by atoms with Gasteiger partial charge in [0.25, 0.3) is 5.91 Å². The molecule has 1 aliphatic heterocycles. The highest BCUT2D eigenvalue weighted by molar-refractivity contribution is 6.05.